The van der Waals surface area contributed by atoms with Crippen LogP contribution in [0.15, 0.2) is 30.5 Å². The first-order valence-corrected chi connectivity index (χ1v) is 10.3. The Hall–Kier alpha value is -3.11. The van der Waals surface area contributed by atoms with E-state index in [1.165, 1.54) is 13.1 Å². The Morgan fingerprint density at radius 3 is 2.56 bits per heavy atom. The quantitative estimate of drug-likeness (QED) is 0.730. The molecule has 1 saturated carbocycles. The van der Waals surface area contributed by atoms with Gasteiger partial charge in [-0.3, -0.25) is 14.7 Å². The number of fused-ring (bicyclic) bond motifs is 1. The Morgan fingerprint density at radius 2 is 1.97 bits per heavy atom. The fraction of sp³-hybridized carbons (Fsp3) is 0.409. The number of cyclic esters (lactones) is 1. The lowest BCUT2D eigenvalue weighted by Crippen LogP contribution is -2.33. The summed E-state index contributed by atoms with van der Waals surface area (Å²) in [6, 6.07) is 5.47. The maximum atomic E-state index is 14.9. The zero-order chi connectivity index (χ0) is 22.6. The van der Waals surface area contributed by atoms with Gasteiger partial charge in [-0.15, -0.1) is 0 Å². The largest absolute Gasteiger partial charge is 0.442 e. The van der Waals surface area contributed by atoms with Crippen molar-refractivity contribution in [1.29, 1.82) is 0 Å². The number of amides is 2. The van der Waals surface area contributed by atoms with Crippen molar-refractivity contribution < 1.29 is 27.8 Å². The number of ether oxygens (including phenoxy) is 2. The van der Waals surface area contributed by atoms with Crippen molar-refractivity contribution in [3.63, 3.8) is 0 Å². The number of aromatic nitrogens is 1. The van der Waals surface area contributed by atoms with Gasteiger partial charge >= 0.3 is 6.09 Å². The van der Waals surface area contributed by atoms with Gasteiger partial charge in [-0.25, -0.2) is 13.6 Å². The average Bonchev–Trinajstić information content (AvgIpc) is 3.12. The monoisotopic (exact) mass is 444 g/mol. The van der Waals surface area contributed by atoms with E-state index in [0.29, 0.717) is 18.9 Å². The number of pyridine rings is 1. The molecule has 1 aromatic carbocycles. The Kier molecular flexibility index (Phi) is 4.86. The van der Waals surface area contributed by atoms with E-state index < -0.39 is 29.4 Å². The molecule has 32 heavy (non-hydrogen) atoms. The summed E-state index contributed by atoms with van der Waals surface area (Å²) in [6.45, 7) is 2.73. The number of carbonyl (C=O) groups is 2. The topological polar surface area (TPSA) is 107 Å². The van der Waals surface area contributed by atoms with E-state index in [4.69, 9.17) is 15.2 Å². The third-order valence-corrected chi connectivity index (χ3v) is 6.49. The van der Waals surface area contributed by atoms with Gasteiger partial charge in [-0.2, -0.15) is 0 Å². The molecule has 3 heterocycles. The lowest BCUT2D eigenvalue weighted by atomic mass is 10.0. The summed E-state index contributed by atoms with van der Waals surface area (Å²) in [4.78, 5) is 28.7. The smallest absolute Gasteiger partial charge is 0.414 e. The first kappa shape index (κ1) is 20.8. The van der Waals surface area contributed by atoms with Gasteiger partial charge in [-0.1, -0.05) is 6.07 Å². The number of hydrogen-bond acceptors (Lipinski definition) is 6. The minimum atomic E-state index is -0.827. The highest BCUT2D eigenvalue weighted by Crippen LogP contribution is 2.58. The van der Waals surface area contributed by atoms with Crippen LogP contribution in [0.1, 0.15) is 12.6 Å². The van der Waals surface area contributed by atoms with E-state index in [-0.39, 0.29) is 47.6 Å². The molecular weight excluding hydrogens is 422 g/mol. The third-order valence-electron chi connectivity index (χ3n) is 6.49. The molecule has 1 aromatic heterocycles. The molecule has 0 radical (unpaired) electrons. The standard InChI is InChI=1S/C22H22F2N4O4/c1-11(29)26-7-14-8-28(21(30)32-14)13-4-17(23)20(18(24)5-13)12-2-3-19(27-6-12)22(25)15-9-31-10-16(15)22/h2-6,14-16H,7-10,25H2,1H3,(H,26,29)/t14-,15?,16?,22?/m0/s1. The van der Waals surface area contributed by atoms with E-state index in [9.17, 15) is 18.4 Å². The average molecular weight is 444 g/mol. The van der Waals surface area contributed by atoms with Gasteiger partial charge in [0.25, 0.3) is 0 Å². The summed E-state index contributed by atoms with van der Waals surface area (Å²) in [5.41, 5.74) is 6.67. The molecule has 2 aliphatic heterocycles. The van der Waals surface area contributed by atoms with Gasteiger partial charge in [0.05, 0.1) is 48.8 Å². The maximum absolute atomic E-state index is 14.9. The summed E-state index contributed by atoms with van der Waals surface area (Å²) >= 11 is 0. The second-order valence-corrected chi connectivity index (χ2v) is 8.45. The lowest BCUT2D eigenvalue weighted by Gasteiger charge is -2.17. The van der Waals surface area contributed by atoms with Crippen LogP contribution in [0.5, 0.6) is 0 Å². The molecule has 168 valence electrons. The van der Waals surface area contributed by atoms with Crippen LogP contribution in [-0.2, 0) is 19.8 Å². The van der Waals surface area contributed by atoms with Crippen molar-refractivity contribution >= 4 is 17.7 Å². The number of anilines is 1. The Morgan fingerprint density at radius 1 is 1.28 bits per heavy atom. The number of benzene rings is 1. The molecule has 0 spiro atoms. The molecule has 3 aliphatic rings. The van der Waals surface area contributed by atoms with Crippen LogP contribution in [0.2, 0.25) is 0 Å². The molecule has 3 atom stereocenters. The molecule has 2 amide bonds. The summed E-state index contributed by atoms with van der Waals surface area (Å²) < 4.78 is 40.4. The van der Waals surface area contributed by atoms with Gasteiger partial charge in [0.15, 0.2) is 0 Å². The van der Waals surface area contributed by atoms with E-state index in [1.54, 1.807) is 12.1 Å². The number of rotatable bonds is 5. The fourth-order valence-corrected chi connectivity index (χ4v) is 4.66. The van der Waals surface area contributed by atoms with Gasteiger partial charge in [-0.05, 0) is 18.2 Å². The number of nitrogens with zero attached hydrogens (tertiary/aromatic N) is 2. The van der Waals surface area contributed by atoms with E-state index in [1.807, 2.05) is 0 Å². The minimum Gasteiger partial charge on any atom is -0.442 e. The molecule has 3 N–H and O–H groups in total. The summed E-state index contributed by atoms with van der Waals surface area (Å²) in [7, 11) is 0. The van der Waals surface area contributed by atoms with Gasteiger partial charge in [0.1, 0.15) is 17.7 Å². The Bertz CT molecular complexity index is 1060. The molecule has 2 aromatic rings. The van der Waals surface area contributed by atoms with Crippen molar-refractivity contribution in [1.82, 2.24) is 10.3 Å². The molecule has 10 heteroatoms. The van der Waals surface area contributed by atoms with Crippen LogP contribution in [0, 0.1) is 23.5 Å². The zero-order valence-electron chi connectivity index (χ0n) is 17.3. The summed E-state index contributed by atoms with van der Waals surface area (Å²) in [5, 5.41) is 2.55. The number of hydrogen-bond donors (Lipinski definition) is 2. The first-order valence-electron chi connectivity index (χ1n) is 10.3. The highest BCUT2D eigenvalue weighted by Gasteiger charge is 2.66. The second kappa shape index (κ2) is 7.49. The molecular formula is C22H22F2N4O4. The predicted octanol–water partition coefficient (Wildman–Crippen LogP) is 1.92. The molecule has 0 bridgehead atoms. The Balaban J connectivity index is 1.35. The first-order chi connectivity index (χ1) is 15.3. The molecule has 5 rings (SSSR count). The van der Waals surface area contributed by atoms with Crippen LogP contribution in [0.3, 0.4) is 0 Å². The molecule has 8 nitrogen and oxygen atoms in total. The number of halogens is 2. The van der Waals surface area contributed by atoms with Gasteiger partial charge in [0, 0.05) is 30.5 Å². The van der Waals surface area contributed by atoms with Crippen LogP contribution < -0.4 is 16.0 Å². The minimum absolute atomic E-state index is 0.0374. The second-order valence-electron chi connectivity index (χ2n) is 8.45. The van der Waals surface area contributed by atoms with Crippen molar-refractivity contribution in [3.05, 3.63) is 47.8 Å². The molecule has 1 aliphatic carbocycles. The highest BCUT2D eigenvalue weighted by atomic mass is 19.1. The summed E-state index contributed by atoms with van der Waals surface area (Å²) in [5.74, 6) is -1.47. The van der Waals surface area contributed by atoms with Crippen LogP contribution >= 0.6 is 0 Å². The van der Waals surface area contributed by atoms with Crippen LogP contribution in [0.25, 0.3) is 11.1 Å². The van der Waals surface area contributed by atoms with Gasteiger partial charge < -0.3 is 20.5 Å². The predicted molar refractivity (Wildman–Crippen MR) is 110 cm³/mol. The van der Waals surface area contributed by atoms with E-state index in [2.05, 4.69) is 10.3 Å². The highest BCUT2D eigenvalue weighted by molar-refractivity contribution is 5.90. The number of nitrogens with one attached hydrogen (secondary N) is 1. The molecule has 3 fully saturated rings. The normalized spacial score (nSPS) is 28.4. The van der Waals surface area contributed by atoms with Crippen molar-refractivity contribution in [2.24, 2.45) is 17.6 Å². The van der Waals surface area contributed by atoms with Crippen LogP contribution in [-0.4, -0.2) is 49.4 Å². The number of carbonyl (C=O) groups excluding carboxylic acids is 2. The molecule has 2 unspecified atom stereocenters. The summed E-state index contributed by atoms with van der Waals surface area (Å²) in [6.07, 6.45) is 0.0723. The van der Waals surface area contributed by atoms with Crippen molar-refractivity contribution in [2.75, 3.05) is 31.2 Å². The Labute approximate surface area is 182 Å². The van der Waals surface area contributed by atoms with Crippen molar-refractivity contribution in [3.8, 4) is 11.1 Å². The molecule has 2 saturated heterocycles. The van der Waals surface area contributed by atoms with Crippen LogP contribution in [0.4, 0.5) is 19.3 Å². The fourth-order valence-electron chi connectivity index (χ4n) is 4.66. The van der Waals surface area contributed by atoms with Gasteiger partial charge in [0.2, 0.25) is 5.91 Å². The van der Waals surface area contributed by atoms with Crippen molar-refractivity contribution in [2.45, 2.75) is 18.6 Å². The zero-order valence-corrected chi connectivity index (χ0v) is 17.3. The SMILES string of the molecule is CC(=O)NC[C@H]1CN(c2cc(F)c(-c3ccc(C4(N)C5COCC54)nc3)c(F)c2)C(=O)O1. The maximum Gasteiger partial charge on any atom is 0.414 e. The third kappa shape index (κ3) is 3.30. The number of nitrogens with two attached hydrogens (primary N) is 1. The van der Waals surface area contributed by atoms with E-state index >= 15 is 0 Å². The lowest BCUT2D eigenvalue weighted by molar-refractivity contribution is -0.119. The van der Waals surface area contributed by atoms with E-state index in [0.717, 1.165) is 17.0 Å².